The first-order chi connectivity index (χ1) is 26.6. The van der Waals surface area contributed by atoms with Gasteiger partial charge in [0.2, 0.25) is 11.8 Å². The highest BCUT2D eigenvalue weighted by Crippen LogP contribution is 2.51. The molecule has 4 atom stereocenters. The number of phenols is 1. The molecule has 6 fully saturated rings. The van der Waals surface area contributed by atoms with Gasteiger partial charge < -0.3 is 34.4 Å². The van der Waals surface area contributed by atoms with Gasteiger partial charge in [0, 0.05) is 67.1 Å². The number of amides is 1. The molecule has 2 bridgehead atoms. The number of carbonyl (C=O) groups excluding carboxylic acids is 1. The monoisotopic (exact) mass is 752 g/mol. The largest absolute Gasteiger partial charge is 0.508 e. The number of pyridine rings is 1. The van der Waals surface area contributed by atoms with Gasteiger partial charge in [0.05, 0.1) is 19.3 Å². The molecule has 3 aliphatic heterocycles. The van der Waals surface area contributed by atoms with Gasteiger partial charge in [-0.15, -0.1) is 6.42 Å². The molecule has 2 N–H and O–H groups in total. The summed E-state index contributed by atoms with van der Waals surface area (Å²) in [5.74, 6) is 3.35. The fourth-order valence-corrected chi connectivity index (χ4v) is 9.29. The minimum atomic E-state index is -0.800. The van der Waals surface area contributed by atoms with Crippen molar-refractivity contribution in [3.63, 3.8) is 0 Å². The molecule has 3 saturated carbocycles. The maximum atomic E-state index is 17.3. The first-order valence-corrected chi connectivity index (χ1v) is 19.0. The quantitative estimate of drug-likeness (QED) is 0.172. The normalized spacial score (nSPS) is 24.5. The lowest BCUT2D eigenvalue weighted by Crippen LogP contribution is -2.56. The van der Waals surface area contributed by atoms with Crippen molar-refractivity contribution in [2.45, 2.75) is 57.0 Å². The van der Waals surface area contributed by atoms with Gasteiger partial charge in [0.1, 0.15) is 34.0 Å². The van der Waals surface area contributed by atoms with Crippen molar-refractivity contribution in [1.82, 2.24) is 24.8 Å². The number of rotatable bonds is 9. The van der Waals surface area contributed by atoms with Crippen LogP contribution in [0.25, 0.3) is 32.9 Å². The van der Waals surface area contributed by atoms with Crippen LogP contribution in [0.3, 0.4) is 0 Å². The number of piperidine rings is 1. The summed E-state index contributed by atoms with van der Waals surface area (Å²) in [5, 5.41) is 18.5. The Balaban J connectivity index is 0.00000128. The van der Waals surface area contributed by atoms with Crippen LogP contribution in [0.5, 0.6) is 17.6 Å². The second kappa shape index (κ2) is 13.5. The smallest absolute Gasteiger partial charge is 0.319 e. The third kappa shape index (κ3) is 6.32. The number of carboxylic acid groups (broad SMARTS) is 1. The molecule has 2 aromatic heterocycles. The highest BCUT2D eigenvalue weighted by atomic mass is 19.1. The van der Waals surface area contributed by atoms with Crippen molar-refractivity contribution in [1.29, 1.82) is 0 Å². The molecule has 14 heteroatoms. The number of methoxy groups -OCH3 is 1. The van der Waals surface area contributed by atoms with Crippen LogP contribution in [-0.2, 0) is 9.59 Å². The fourth-order valence-electron chi connectivity index (χ4n) is 9.29. The Morgan fingerprint density at radius 2 is 1.75 bits per heavy atom. The predicted octanol–water partition coefficient (Wildman–Crippen LogP) is 5.22. The van der Waals surface area contributed by atoms with E-state index in [9.17, 15) is 9.90 Å². The van der Waals surface area contributed by atoms with E-state index in [1.165, 1.54) is 37.8 Å². The second-order valence-corrected chi connectivity index (χ2v) is 16.1. The van der Waals surface area contributed by atoms with Crippen LogP contribution < -0.4 is 14.4 Å². The second-order valence-electron chi connectivity index (χ2n) is 16.1. The minimum absolute atomic E-state index is 0.0129. The van der Waals surface area contributed by atoms with E-state index in [0.29, 0.717) is 30.9 Å². The number of anilines is 1. The van der Waals surface area contributed by atoms with Crippen LogP contribution in [0.4, 0.5) is 14.6 Å². The number of carbonyl (C=O) groups is 2. The number of likely N-dealkylation sites (tertiary alicyclic amines) is 1. The van der Waals surface area contributed by atoms with Crippen molar-refractivity contribution in [2.24, 2.45) is 23.2 Å². The van der Waals surface area contributed by atoms with Crippen LogP contribution in [-0.4, -0.2) is 106 Å². The zero-order chi connectivity index (χ0) is 38.2. The summed E-state index contributed by atoms with van der Waals surface area (Å²) >= 11 is 0. The number of terminal acetylenes is 1. The number of benzene rings is 2. The van der Waals surface area contributed by atoms with Crippen molar-refractivity contribution < 1.29 is 38.1 Å². The molecule has 0 spiro atoms. The fraction of sp³-hybridized carbons (Fsp3) is 0.488. The molecule has 12 nitrogen and oxygen atoms in total. The van der Waals surface area contributed by atoms with Gasteiger partial charge in [-0.25, -0.2) is 13.8 Å². The molecular formula is C41H42F2N6O6. The molecule has 4 aromatic rings. The SMILES string of the molecule is C#Cc1c(F)ccc2cc(O)cc(-c3nc(OC)c4c(N5CC6CCC(C5)N6C(=O)C5CC5)nc(OCC5(CN6CC7CC7C6)CC5)nc4c3F)c12.O=CO. The van der Waals surface area contributed by atoms with Gasteiger partial charge in [-0.2, -0.15) is 9.97 Å². The van der Waals surface area contributed by atoms with Crippen molar-refractivity contribution in [3.8, 4) is 41.2 Å². The molecule has 3 aliphatic carbocycles. The molecule has 1 amide bonds. The maximum absolute atomic E-state index is 17.3. The van der Waals surface area contributed by atoms with E-state index in [0.717, 1.165) is 70.0 Å². The molecule has 286 valence electrons. The molecule has 5 heterocycles. The molecule has 0 radical (unpaired) electrons. The summed E-state index contributed by atoms with van der Waals surface area (Å²) in [6.45, 7) is 4.48. The van der Waals surface area contributed by atoms with E-state index in [1.807, 2.05) is 0 Å². The third-order valence-electron chi connectivity index (χ3n) is 12.4. The lowest BCUT2D eigenvalue weighted by atomic mass is 9.95. The molecule has 55 heavy (non-hydrogen) atoms. The van der Waals surface area contributed by atoms with Crippen molar-refractivity contribution in [3.05, 3.63) is 41.5 Å². The highest BCUT2D eigenvalue weighted by molar-refractivity contribution is 6.04. The number of fused-ring (bicyclic) bond motifs is 5. The Morgan fingerprint density at radius 3 is 2.38 bits per heavy atom. The van der Waals surface area contributed by atoms with E-state index >= 15 is 8.78 Å². The summed E-state index contributed by atoms with van der Waals surface area (Å²) in [4.78, 5) is 42.7. The number of nitrogens with zero attached hydrogens (tertiary/aromatic N) is 6. The van der Waals surface area contributed by atoms with Gasteiger partial charge >= 0.3 is 6.01 Å². The zero-order valence-corrected chi connectivity index (χ0v) is 30.5. The number of aromatic hydroxyl groups is 1. The molecule has 4 unspecified atom stereocenters. The van der Waals surface area contributed by atoms with Crippen LogP contribution in [0.15, 0.2) is 24.3 Å². The third-order valence-corrected chi connectivity index (χ3v) is 12.4. The topological polar surface area (TPSA) is 141 Å². The van der Waals surface area contributed by atoms with E-state index in [2.05, 4.69) is 30.6 Å². The van der Waals surface area contributed by atoms with Crippen LogP contribution in [0.1, 0.15) is 50.5 Å². The summed E-state index contributed by atoms with van der Waals surface area (Å²) in [5.41, 5.74) is -0.216. The Labute approximate surface area is 316 Å². The first-order valence-electron chi connectivity index (χ1n) is 19.0. The Hall–Kier alpha value is -5.29. The van der Waals surface area contributed by atoms with Crippen molar-refractivity contribution in [2.75, 3.05) is 51.3 Å². The number of ether oxygens (including phenoxy) is 2. The number of phenolic OH excluding ortho intramolecular Hbond substituents is 1. The van der Waals surface area contributed by atoms with Gasteiger partial charge in [-0.3, -0.25) is 9.59 Å². The van der Waals surface area contributed by atoms with Gasteiger partial charge in [0.25, 0.3) is 6.47 Å². The average Bonchev–Trinajstić information content (AvgIpc) is 4.12. The molecule has 10 rings (SSSR count). The van der Waals surface area contributed by atoms with E-state index in [-0.39, 0.29) is 86.5 Å². The summed E-state index contributed by atoms with van der Waals surface area (Å²) < 4.78 is 44.6. The minimum Gasteiger partial charge on any atom is -0.508 e. The number of halogens is 2. The predicted molar refractivity (Wildman–Crippen MR) is 199 cm³/mol. The van der Waals surface area contributed by atoms with E-state index in [4.69, 9.17) is 30.8 Å². The van der Waals surface area contributed by atoms with E-state index in [1.54, 1.807) is 0 Å². The van der Waals surface area contributed by atoms with Gasteiger partial charge in [-0.05, 0) is 80.4 Å². The van der Waals surface area contributed by atoms with Crippen LogP contribution in [0.2, 0.25) is 0 Å². The summed E-state index contributed by atoms with van der Waals surface area (Å²) in [6, 6.07) is 5.56. The van der Waals surface area contributed by atoms with Gasteiger partial charge in [-0.1, -0.05) is 12.0 Å². The Kier molecular flexibility index (Phi) is 8.68. The van der Waals surface area contributed by atoms with Crippen LogP contribution in [0, 0.1) is 47.1 Å². The van der Waals surface area contributed by atoms with Crippen molar-refractivity contribution >= 4 is 39.9 Å². The standard InChI is InChI=1S/C40H40F2N6O4.CH2O2/c1-3-28-30(41)9-6-22-13-27(49)14-29(31(22)28)34-33(42)35-32(37(43-34)51-2)36(47-17-25-7-8-26(18-47)48(25)38(50)21-4-5-21)45-39(44-35)52-20-40(10-11-40)19-46-15-23-12-24(23)16-46;2-1-3/h1,6,9,13-14,21,23-26,49H,4-5,7-8,10-12,15-20H2,2H3;1H,(H,2,3). The zero-order valence-electron chi connectivity index (χ0n) is 30.5. The molecule has 2 aromatic carbocycles. The molecule has 3 saturated heterocycles. The first kappa shape index (κ1) is 35.4. The maximum Gasteiger partial charge on any atom is 0.319 e. The molecular weight excluding hydrogens is 710 g/mol. The van der Waals surface area contributed by atoms with Gasteiger partial charge in [0.15, 0.2) is 5.82 Å². The number of piperazine rings is 1. The lowest BCUT2D eigenvalue weighted by molar-refractivity contribution is -0.136. The van der Waals surface area contributed by atoms with Crippen LogP contribution >= 0.6 is 0 Å². The lowest BCUT2D eigenvalue weighted by Gasteiger charge is -2.42. The number of hydrogen-bond donors (Lipinski definition) is 2. The van der Waals surface area contributed by atoms with E-state index < -0.39 is 11.6 Å². The summed E-state index contributed by atoms with van der Waals surface area (Å²) in [7, 11) is 1.44. The number of hydrogen-bond acceptors (Lipinski definition) is 10. The Bertz CT molecular complexity index is 2250. The highest BCUT2D eigenvalue weighted by Gasteiger charge is 2.51. The summed E-state index contributed by atoms with van der Waals surface area (Å²) in [6.07, 6.45) is 12.9. The average molecular weight is 753 g/mol. The number of aromatic nitrogens is 3. The Morgan fingerprint density at radius 1 is 1.04 bits per heavy atom. The molecule has 6 aliphatic rings.